The van der Waals surface area contributed by atoms with Crippen LogP contribution in [0.25, 0.3) is 0 Å². The Morgan fingerprint density at radius 3 is 2.54 bits per heavy atom. The maximum Gasteiger partial charge on any atom is 0.309 e. The molecule has 0 heterocycles. The molecule has 0 aromatic carbocycles. The van der Waals surface area contributed by atoms with Gasteiger partial charge >= 0.3 is 5.97 Å². The highest BCUT2D eigenvalue weighted by Crippen LogP contribution is 2.72. The van der Waals surface area contributed by atoms with Crippen molar-refractivity contribution >= 4 is 5.97 Å². The number of aliphatic hydroxyl groups excluding tert-OH is 2. The molecule has 0 aliphatic heterocycles. The van der Waals surface area contributed by atoms with Gasteiger partial charge in [-0.1, -0.05) is 25.5 Å². The van der Waals surface area contributed by atoms with Gasteiger partial charge in [-0.05, 0) is 62.7 Å². The molecule has 4 nitrogen and oxygen atoms in total. The number of aliphatic hydroxyl groups is 2. The summed E-state index contributed by atoms with van der Waals surface area (Å²) in [6.45, 7) is 8.30. The molecule has 4 saturated carbocycles. The van der Waals surface area contributed by atoms with Crippen molar-refractivity contribution in [3.63, 3.8) is 0 Å². The van der Waals surface area contributed by atoms with Gasteiger partial charge in [0.2, 0.25) is 0 Å². The summed E-state index contributed by atoms with van der Waals surface area (Å²) in [6.07, 6.45) is 4.62. The van der Waals surface area contributed by atoms with Crippen molar-refractivity contribution in [1.82, 2.24) is 0 Å². The fraction of sp³-hybridized carbons (Fsp3) is 0.850. The average molecular weight is 334 g/mol. The Labute approximate surface area is 144 Å². The Balaban J connectivity index is 1.81. The van der Waals surface area contributed by atoms with Gasteiger partial charge in [-0.3, -0.25) is 4.79 Å². The second kappa shape index (κ2) is 4.85. The van der Waals surface area contributed by atoms with Gasteiger partial charge in [0.25, 0.3) is 0 Å². The standard InChI is InChI=1S/C20H30O4/c1-11-9-20-10-12(11)13(21)7-15(20)18(2)5-4-6-19(3,17(23)24)14(18)8-16(20)22/h12-16,21-22H,1,4-10H2,2-3H3,(H,23,24)/t12-,13-,14+,15+,16+,18-,19-,20+/m1/s1. The second-order valence-electron chi connectivity index (χ2n) is 9.62. The molecule has 0 saturated heterocycles. The van der Waals surface area contributed by atoms with E-state index < -0.39 is 17.5 Å². The van der Waals surface area contributed by atoms with Gasteiger partial charge < -0.3 is 15.3 Å². The van der Waals surface area contributed by atoms with Gasteiger partial charge in [0.05, 0.1) is 17.6 Å². The molecular weight excluding hydrogens is 304 g/mol. The monoisotopic (exact) mass is 334 g/mol. The maximum atomic E-state index is 12.1. The zero-order valence-corrected chi connectivity index (χ0v) is 14.8. The number of carboxylic acids is 1. The zero-order valence-electron chi connectivity index (χ0n) is 14.8. The van der Waals surface area contributed by atoms with Crippen molar-refractivity contribution in [1.29, 1.82) is 0 Å². The third kappa shape index (κ3) is 1.79. The lowest BCUT2D eigenvalue weighted by Gasteiger charge is -2.65. The van der Waals surface area contributed by atoms with E-state index in [0.29, 0.717) is 19.3 Å². The predicted molar refractivity (Wildman–Crippen MR) is 90.2 cm³/mol. The molecule has 0 aromatic heterocycles. The van der Waals surface area contributed by atoms with Crippen LogP contribution in [0.4, 0.5) is 0 Å². The first-order valence-corrected chi connectivity index (χ1v) is 9.42. The Kier molecular flexibility index (Phi) is 3.35. The minimum Gasteiger partial charge on any atom is -0.481 e. The molecular formula is C20H30O4. The van der Waals surface area contributed by atoms with E-state index in [9.17, 15) is 20.1 Å². The van der Waals surface area contributed by atoms with Crippen LogP contribution < -0.4 is 0 Å². The van der Waals surface area contributed by atoms with E-state index in [1.54, 1.807) is 0 Å². The fourth-order valence-electron chi connectivity index (χ4n) is 7.48. The van der Waals surface area contributed by atoms with E-state index in [-0.39, 0.29) is 34.7 Å². The highest BCUT2D eigenvalue weighted by molar-refractivity contribution is 5.75. The molecule has 8 atom stereocenters. The molecule has 4 rings (SSSR count). The fourth-order valence-corrected chi connectivity index (χ4v) is 7.48. The Bertz CT molecular complexity index is 600. The SMILES string of the molecule is C=C1C[C@]23C[C@H]1[C@H](O)C[C@H]2[C@]1(C)CCC[C@@](C)(C(=O)O)[C@H]1C[C@@H]3O. The van der Waals surface area contributed by atoms with Crippen LogP contribution in [0.2, 0.25) is 0 Å². The van der Waals surface area contributed by atoms with Crippen molar-refractivity contribution < 1.29 is 20.1 Å². The molecule has 4 aliphatic carbocycles. The van der Waals surface area contributed by atoms with Crippen molar-refractivity contribution in [2.75, 3.05) is 0 Å². The highest BCUT2D eigenvalue weighted by atomic mass is 16.4. The Morgan fingerprint density at radius 2 is 1.88 bits per heavy atom. The number of carboxylic acid groups (broad SMARTS) is 1. The van der Waals surface area contributed by atoms with Gasteiger partial charge in [-0.2, -0.15) is 0 Å². The number of aliphatic carboxylic acids is 1. The minimum absolute atomic E-state index is 0.0282. The number of hydrogen-bond acceptors (Lipinski definition) is 3. The normalized spacial score (nSPS) is 56.5. The summed E-state index contributed by atoms with van der Waals surface area (Å²) in [6, 6.07) is 0. The summed E-state index contributed by atoms with van der Waals surface area (Å²) in [5, 5.41) is 31.7. The zero-order chi connectivity index (χ0) is 17.5. The quantitative estimate of drug-likeness (QED) is 0.644. The summed E-state index contributed by atoms with van der Waals surface area (Å²) in [7, 11) is 0. The molecule has 2 bridgehead atoms. The molecule has 0 radical (unpaired) electrons. The molecule has 0 aromatic rings. The van der Waals surface area contributed by atoms with Crippen molar-refractivity contribution in [3.8, 4) is 0 Å². The second-order valence-corrected chi connectivity index (χ2v) is 9.62. The molecule has 0 amide bonds. The van der Waals surface area contributed by atoms with Gasteiger partial charge in [0, 0.05) is 11.3 Å². The largest absolute Gasteiger partial charge is 0.481 e. The maximum absolute atomic E-state index is 12.1. The molecule has 24 heavy (non-hydrogen) atoms. The summed E-state index contributed by atoms with van der Waals surface area (Å²) < 4.78 is 0. The molecule has 4 heteroatoms. The topological polar surface area (TPSA) is 77.8 Å². The van der Waals surface area contributed by atoms with E-state index >= 15 is 0 Å². The van der Waals surface area contributed by atoms with Crippen LogP contribution in [0, 0.1) is 34.0 Å². The number of fused-ring (bicyclic) bond motifs is 3. The summed E-state index contributed by atoms with van der Waals surface area (Å²) in [5.41, 5.74) is -0.000110. The van der Waals surface area contributed by atoms with Gasteiger partial charge in [0.15, 0.2) is 0 Å². The van der Waals surface area contributed by atoms with Crippen molar-refractivity contribution in [2.45, 2.75) is 71.0 Å². The highest BCUT2D eigenvalue weighted by Gasteiger charge is 2.69. The summed E-state index contributed by atoms with van der Waals surface area (Å²) in [4.78, 5) is 12.1. The summed E-state index contributed by atoms with van der Waals surface area (Å²) in [5.74, 6) is -0.458. The van der Waals surface area contributed by atoms with E-state index in [4.69, 9.17) is 0 Å². The lowest BCUT2D eigenvalue weighted by molar-refractivity contribution is -0.216. The molecule has 1 spiro atoms. The molecule has 134 valence electrons. The third-order valence-electron chi connectivity index (χ3n) is 8.70. The lowest BCUT2D eigenvalue weighted by Crippen LogP contribution is -2.63. The molecule has 4 aliphatic rings. The lowest BCUT2D eigenvalue weighted by atomic mass is 9.40. The Hall–Kier alpha value is -0.870. The average Bonchev–Trinajstić information content (AvgIpc) is 2.80. The van der Waals surface area contributed by atoms with Gasteiger partial charge in [-0.25, -0.2) is 0 Å². The van der Waals surface area contributed by atoms with Crippen LogP contribution >= 0.6 is 0 Å². The van der Waals surface area contributed by atoms with Crippen molar-refractivity contribution in [2.24, 2.45) is 34.0 Å². The Morgan fingerprint density at radius 1 is 1.17 bits per heavy atom. The smallest absolute Gasteiger partial charge is 0.309 e. The van der Waals surface area contributed by atoms with Crippen molar-refractivity contribution in [3.05, 3.63) is 12.2 Å². The number of rotatable bonds is 1. The molecule has 0 unspecified atom stereocenters. The first-order chi connectivity index (χ1) is 11.1. The molecule has 4 fully saturated rings. The number of hydrogen-bond donors (Lipinski definition) is 3. The summed E-state index contributed by atoms with van der Waals surface area (Å²) >= 11 is 0. The predicted octanol–water partition coefficient (Wildman–Crippen LogP) is 2.98. The molecule has 3 N–H and O–H groups in total. The van der Waals surface area contributed by atoms with E-state index in [0.717, 1.165) is 31.3 Å². The van der Waals surface area contributed by atoms with Crippen LogP contribution in [-0.4, -0.2) is 33.5 Å². The van der Waals surface area contributed by atoms with Crippen LogP contribution in [0.3, 0.4) is 0 Å². The third-order valence-corrected chi connectivity index (χ3v) is 8.70. The van der Waals surface area contributed by atoms with Gasteiger partial charge in [0.1, 0.15) is 0 Å². The first kappa shape index (κ1) is 16.6. The minimum atomic E-state index is -0.771. The van der Waals surface area contributed by atoms with E-state index in [1.807, 2.05) is 6.92 Å². The van der Waals surface area contributed by atoms with E-state index in [2.05, 4.69) is 13.5 Å². The van der Waals surface area contributed by atoms with Crippen LogP contribution in [0.5, 0.6) is 0 Å². The van der Waals surface area contributed by atoms with Crippen LogP contribution in [0.15, 0.2) is 12.2 Å². The van der Waals surface area contributed by atoms with Crippen LogP contribution in [-0.2, 0) is 4.79 Å². The number of carbonyl (C=O) groups is 1. The van der Waals surface area contributed by atoms with E-state index in [1.165, 1.54) is 0 Å². The van der Waals surface area contributed by atoms with Gasteiger partial charge in [-0.15, -0.1) is 0 Å². The van der Waals surface area contributed by atoms with Crippen LogP contribution in [0.1, 0.15) is 58.8 Å². The first-order valence-electron chi connectivity index (χ1n) is 9.42.